The Hall–Kier alpha value is -3.20. The zero-order valence-corrected chi connectivity index (χ0v) is 21.3. The van der Waals surface area contributed by atoms with E-state index in [4.69, 9.17) is 0 Å². The Morgan fingerprint density at radius 2 is 1.79 bits per heavy atom. The lowest BCUT2D eigenvalue weighted by Crippen LogP contribution is -2.47. The zero-order valence-electron chi connectivity index (χ0n) is 20.5. The van der Waals surface area contributed by atoms with Gasteiger partial charge in [-0.3, -0.25) is 15.0 Å². The lowest BCUT2D eigenvalue weighted by Gasteiger charge is -2.38. The molecule has 0 bridgehead atoms. The Morgan fingerprint density at radius 3 is 2.45 bits per heavy atom. The topological polar surface area (TPSA) is 140 Å². The first-order valence-electron chi connectivity index (χ1n) is 12.3. The minimum atomic E-state index is -4.84. The third-order valence-electron chi connectivity index (χ3n) is 6.87. The highest BCUT2D eigenvalue weighted by molar-refractivity contribution is 7.91. The van der Waals surface area contributed by atoms with Crippen molar-refractivity contribution in [2.75, 3.05) is 41.8 Å². The van der Waals surface area contributed by atoms with Crippen LogP contribution in [0.1, 0.15) is 31.2 Å². The van der Waals surface area contributed by atoms with Gasteiger partial charge in [0.1, 0.15) is 11.9 Å². The predicted molar refractivity (Wildman–Crippen MR) is 134 cm³/mol. The number of para-hydroxylation sites is 1. The molecule has 2 fully saturated rings. The van der Waals surface area contributed by atoms with Crippen molar-refractivity contribution >= 4 is 27.3 Å². The molecule has 38 heavy (non-hydrogen) atoms. The summed E-state index contributed by atoms with van der Waals surface area (Å²) in [5.74, 6) is 0.331. The predicted octanol–water partition coefficient (Wildman–Crippen LogP) is 3.60. The van der Waals surface area contributed by atoms with E-state index in [9.17, 15) is 31.7 Å². The van der Waals surface area contributed by atoms with Gasteiger partial charge in [0.25, 0.3) is 0 Å². The molecule has 4 rings (SSSR count). The number of ether oxygens (including phenoxy) is 1. The summed E-state index contributed by atoms with van der Waals surface area (Å²) in [6.07, 6.45) is -0.168. The van der Waals surface area contributed by atoms with Crippen LogP contribution in [0.5, 0.6) is 5.75 Å². The Morgan fingerprint density at radius 1 is 1.11 bits per heavy atom. The van der Waals surface area contributed by atoms with Gasteiger partial charge in [-0.05, 0) is 37.7 Å². The maximum absolute atomic E-state index is 12.7. The highest BCUT2D eigenvalue weighted by atomic mass is 32.2. The number of sulfone groups is 1. The van der Waals surface area contributed by atoms with Gasteiger partial charge in [0.2, 0.25) is 11.8 Å². The van der Waals surface area contributed by atoms with Crippen LogP contribution in [0, 0.1) is 16.0 Å². The normalized spacial score (nSPS) is 22.0. The maximum atomic E-state index is 12.7. The molecule has 208 valence electrons. The molecule has 1 aromatic heterocycles. The first-order valence-corrected chi connectivity index (χ1v) is 14.1. The van der Waals surface area contributed by atoms with E-state index < -0.39 is 21.1 Å². The monoisotopic (exact) mass is 558 g/mol. The van der Waals surface area contributed by atoms with Crippen molar-refractivity contribution in [1.82, 2.24) is 14.9 Å². The maximum Gasteiger partial charge on any atom is 0.573 e. The Labute approximate surface area is 217 Å². The van der Waals surface area contributed by atoms with Gasteiger partial charge in [0, 0.05) is 37.8 Å². The Bertz CT molecular complexity index is 1220. The minimum absolute atomic E-state index is 0.0173. The second-order valence-corrected chi connectivity index (χ2v) is 11.7. The Balaban J connectivity index is 1.34. The van der Waals surface area contributed by atoms with Gasteiger partial charge in [-0.25, -0.2) is 13.4 Å². The fourth-order valence-corrected chi connectivity index (χ4v) is 6.05. The largest absolute Gasteiger partial charge is 0.573 e. The SMILES string of the molecule is O=[N+]([O-])c1cnc(NCc2ccccc2OC(F)(F)F)nc1NC[C@H]1CC[C@H](N2CCS(=O)(=O)CC2)CC1. The summed E-state index contributed by atoms with van der Waals surface area (Å²) in [5.41, 5.74) is -0.0936. The number of hydrogen-bond acceptors (Lipinski definition) is 10. The molecule has 0 unspecified atom stereocenters. The van der Waals surface area contributed by atoms with E-state index in [2.05, 4.69) is 30.2 Å². The second-order valence-electron chi connectivity index (χ2n) is 9.44. The second kappa shape index (κ2) is 11.7. The first kappa shape index (κ1) is 27.8. The molecule has 1 aliphatic heterocycles. The van der Waals surface area contributed by atoms with Gasteiger partial charge < -0.3 is 15.4 Å². The number of nitro groups is 1. The van der Waals surface area contributed by atoms with Gasteiger partial charge in [0.05, 0.1) is 16.4 Å². The lowest BCUT2D eigenvalue weighted by atomic mass is 9.85. The van der Waals surface area contributed by atoms with Gasteiger partial charge >= 0.3 is 12.0 Å². The average molecular weight is 559 g/mol. The van der Waals surface area contributed by atoms with E-state index >= 15 is 0 Å². The van der Waals surface area contributed by atoms with Crippen molar-refractivity contribution in [1.29, 1.82) is 0 Å². The van der Waals surface area contributed by atoms with Crippen molar-refractivity contribution in [3.05, 3.63) is 46.1 Å². The van der Waals surface area contributed by atoms with Crippen molar-refractivity contribution in [2.45, 2.75) is 44.6 Å². The molecule has 2 aromatic rings. The number of rotatable bonds is 9. The highest BCUT2D eigenvalue weighted by Crippen LogP contribution is 2.31. The number of nitrogens with zero attached hydrogens (tertiary/aromatic N) is 4. The van der Waals surface area contributed by atoms with Crippen LogP contribution in [0.3, 0.4) is 0 Å². The minimum Gasteiger partial charge on any atom is -0.405 e. The fourth-order valence-electron chi connectivity index (χ4n) is 4.82. The molecule has 0 atom stereocenters. The molecule has 11 nitrogen and oxygen atoms in total. The molecule has 1 saturated heterocycles. The van der Waals surface area contributed by atoms with E-state index in [0.717, 1.165) is 31.9 Å². The van der Waals surface area contributed by atoms with E-state index in [-0.39, 0.29) is 52.7 Å². The molecule has 15 heteroatoms. The summed E-state index contributed by atoms with van der Waals surface area (Å²) < 4.78 is 65.4. The van der Waals surface area contributed by atoms with Crippen molar-refractivity contribution in [3.63, 3.8) is 0 Å². The Kier molecular flexibility index (Phi) is 8.55. The standard InChI is InChI=1S/C23H29F3N6O5S/c24-23(25,26)37-20-4-2-1-3-17(20)14-28-22-29-15-19(32(33)34)21(30-22)27-13-16-5-7-18(8-6-16)31-9-11-38(35,36)12-10-31/h1-4,15-16,18H,5-14H2,(H2,27,28,29,30)/t16-,18-. The van der Waals surface area contributed by atoms with Crippen molar-refractivity contribution < 1.29 is 31.2 Å². The van der Waals surface area contributed by atoms with Crippen LogP contribution in [0.2, 0.25) is 0 Å². The van der Waals surface area contributed by atoms with E-state index in [0.29, 0.717) is 25.7 Å². The summed E-state index contributed by atoms with van der Waals surface area (Å²) >= 11 is 0. The number of nitrogens with one attached hydrogen (secondary N) is 2. The number of hydrogen-bond donors (Lipinski definition) is 2. The number of alkyl halides is 3. The summed E-state index contributed by atoms with van der Waals surface area (Å²) in [6, 6.07) is 5.97. The van der Waals surface area contributed by atoms with Crippen LogP contribution in [-0.2, 0) is 16.4 Å². The van der Waals surface area contributed by atoms with E-state index in [1.165, 1.54) is 18.2 Å². The van der Waals surface area contributed by atoms with Crippen LogP contribution >= 0.6 is 0 Å². The third-order valence-corrected chi connectivity index (χ3v) is 8.48. The summed E-state index contributed by atoms with van der Waals surface area (Å²) in [5, 5.41) is 17.3. The molecule has 1 saturated carbocycles. The van der Waals surface area contributed by atoms with Gasteiger partial charge in [-0.2, -0.15) is 4.98 Å². The van der Waals surface area contributed by atoms with Gasteiger partial charge in [-0.1, -0.05) is 18.2 Å². The summed E-state index contributed by atoms with van der Waals surface area (Å²) in [7, 11) is -2.92. The molecular weight excluding hydrogens is 529 g/mol. The summed E-state index contributed by atoms with van der Waals surface area (Å²) in [6.45, 7) is 1.49. The van der Waals surface area contributed by atoms with Crippen LogP contribution in [-0.4, -0.2) is 71.8 Å². The quantitative estimate of drug-likeness (QED) is 0.347. The van der Waals surface area contributed by atoms with Crippen LogP contribution < -0.4 is 15.4 Å². The summed E-state index contributed by atoms with van der Waals surface area (Å²) in [4.78, 5) is 21.3. The number of benzene rings is 1. The zero-order chi connectivity index (χ0) is 27.3. The average Bonchev–Trinajstić information content (AvgIpc) is 2.86. The molecule has 2 heterocycles. The highest BCUT2D eigenvalue weighted by Gasteiger charge is 2.32. The molecule has 1 aliphatic carbocycles. The first-order chi connectivity index (χ1) is 18.0. The number of halogens is 3. The molecule has 0 spiro atoms. The fraction of sp³-hybridized carbons (Fsp3) is 0.565. The molecule has 2 N–H and O–H groups in total. The van der Waals surface area contributed by atoms with Gasteiger partial charge in [0.15, 0.2) is 9.84 Å². The number of anilines is 2. The van der Waals surface area contributed by atoms with Crippen molar-refractivity contribution in [2.24, 2.45) is 5.92 Å². The van der Waals surface area contributed by atoms with E-state index in [1.54, 1.807) is 6.07 Å². The molecule has 1 aromatic carbocycles. The van der Waals surface area contributed by atoms with E-state index in [1.807, 2.05) is 0 Å². The smallest absolute Gasteiger partial charge is 0.405 e. The third kappa shape index (κ3) is 7.66. The molecule has 0 amide bonds. The van der Waals surface area contributed by atoms with Crippen LogP contribution in [0.4, 0.5) is 30.6 Å². The van der Waals surface area contributed by atoms with Crippen LogP contribution in [0.15, 0.2) is 30.5 Å². The van der Waals surface area contributed by atoms with Crippen LogP contribution in [0.25, 0.3) is 0 Å². The molecular formula is C23H29F3N6O5S. The molecule has 0 radical (unpaired) electrons. The van der Waals surface area contributed by atoms with Crippen molar-refractivity contribution in [3.8, 4) is 5.75 Å². The molecule has 2 aliphatic rings. The van der Waals surface area contributed by atoms with Gasteiger partial charge in [-0.15, -0.1) is 13.2 Å². The number of aromatic nitrogens is 2. The lowest BCUT2D eigenvalue weighted by molar-refractivity contribution is -0.384.